The lowest BCUT2D eigenvalue weighted by atomic mass is 9.95. The Bertz CT molecular complexity index is 662. The SMILES string of the molecule is CC(C)(C)c1nc(N)cc(-c2cccc([N+](=O)[O-])c2)n1. The minimum Gasteiger partial charge on any atom is -0.384 e. The summed E-state index contributed by atoms with van der Waals surface area (Å²) in [5.74, 6) is 0.963. The van der Waals surface area contributed by atoms with Gasteiger partial charge in [0.05, 0.1) is 10.6 Å². The maximum Gasteiger partial charge on any atom is 0.270 e. The van der Waals surface area contributed by atoms with Crippen LogP contribution in [-0.4, -0.2) is 14.9 Å². The molecular formula is C14H16N4O2. The first-order chi connectivity index (χ1) is 9.27. The number of nitrogens with two attached hydrogens (primary N) is 1. The molecule has 2 N–H and O–H groups in total. The molecule has 0 aliphatic rings. The van der Waals surface area contributed by atoms with Crippen LogP contribution in [0, 0.1) is 10.1 Å². The van der Waals surface area contributed by atoms with Gasteiger partial charge in [-0.3, -0.25) is 10.1 Å². The standard InChI is InChI=1S/C14H16N4O2/c1-14(2,3)13-16-11(8-12(15)17-13)9-5-4-6-10(7-9)18(19)20/h4-8H,1-3H3,(H2,15,16,17). The molecule has 0 saturated carbocycles. The van der Waals surface area contributed by atoms with Crippen molar-refractivity contribution in [2.75, 3.05) is 5.73 Å². The normalized spacial score (nSPS) is 11.3. The lowest BCUT2D eigenvalue weighted by molar-refractivity contribution is -0.384. The van der Waals surface area contributed by atoms with Gasteiger partial charge in [0.15, 0.2) is 0 Å². The molecule has 1 aromatic carbocycles. The predicted molar refractivity (Wildman–Crippen MR) is 77.2 cm³/mol. The summed E-state index contributed by atoms with van der Waals surface area (Å²) in [7, 11) is 0. The van der Waals surface area contributed by atoms with Gasteiger partial charge in [0.1, 0.15) is 11.6 Å². The second kappa shape index (κ2) is 4.88. The molecule has 0 radical (unpaired) electrons. The van der Waals surface area contributed by atoms with Gasteiger partial charge in [-0.2, -0.15) is 0 Å². The summed E-state index contributed by atoms with van der Waals surface area (Å²) in [4.78, 5) is 19.1. The highest BCUT2D eigenvalue weighted by molar-refractivity contribution is 5.64. The number of benzene rings is 1. The highest BCUT2D eigenvalue weighted by Crippen LogP contribution is 2.26. The highest BCUT2D eigenvalue weighted by Gasteiger charge is 2.19. The second-order valence-electron chi connectivity index (χ2n) is 5.56. The number of rotatable bonds is 2. The van der Waals surface area contributed by atoms with Gasteiger partial charge < -0.3 is 5.73 Å². The first kappa shape index (κ1) is 13.9. The van der Waals surface area contributed by atoms with E-state index in [1.165, 1.54) is 12.1 Å². The summed E-state index contributed by atoms with van der Waals surface area (Å²) in [6.45, 7) is 5.96. The summed E-state index contributed by atoms with van der Waals surface area (Å²) in [5, 5.41) is 10.8. The molecule has 0 aliphatic carbocycles. The van der Waals surface area contributed by atoms with Crippen molar-refractivity contribution in [3.05, 3.63) is 46.3 Å². The zero-order chi connectivity index (χ0) is 14.9. The lowest BCUT2D eigenvalue weighted by Crippen LogP contribution is -2.17. The Morgan fingerprint density at radius 2 is 1.90 bits per heavy atom. The van der Waals surface area contributed by atoms with Crippen LogP contribution < -0.4 is 5.73 Å². The van der Waals surface area contributed by atoms with Crippen LogP contribution in [0.1, 0.15) is 26.6 Å². The average Bonchev–Trinajstić information content (AvgIpc) is 2.37. The minimum atomic E-state index is -0.432. The van der Waals surface area contributed by atoms with Crippen molar-refractivity contribution in [2.24, 2.45) is 0 Å². The van der Waals surface area contributed by atoms with E-state index in [2.05, 4.69) is 9.97 Å². The topological polar surface area (TPSA) is 94.9 Å². The van der Waals surface area contributed by atoms with E-state index in [0.717, 1.165) is 0 Å². The fraction of sp³-hybridized carbons (Fsp3) is 0.286. The third-order valence-corrected chi connectivity index (χ3v) is 2.77. The molecule has 2 aromatic rings. The summed E-state index contributed by atoms with van der Waals surface area (Å²) in [6.07, 6.45) is 0. The van der Waals surface area contributed by atoms with Gasteiger partial charge >= 0.3 is 0 Å². The van der Waals surface area contributed by atoms with E-state index in [4.69, 9.17) is 5.73 Å². The molecule has 0 atom stereocenters. The number of non-ortho nitro benzene ring substituents is 1. The Labute approximate surface area is 116 Å². The Kier molecular flexibility index (Phi) is 3.40. The van der Waals surface area contributed by atoms with Crippen molar-refractivity contribution in [1.29, 1.82) is 0 Å². The van der Waals surface area contributed by atoms with Crippen LogP contribution in [0.25, 0.3) is 11.3 Å². The van der Waals surface area contributed by atoms with E-state index in [-0.39, 0.29) is 11.1 Å². The average molecular weight is 272 g/mol. The molecule has 104 valence electrons. The third kappa shape index (κ3) is 2.90. The van der Waals surface area contributed by atoms with E-state index in [9.17, 15) is 10.1 Å². The van der Waals surface area contributed by atoms with Gasteiger partial charge in [0, 0.05) is 29.2 Å². The van der Waals surface area contributed by atoms with Crippen LogP contribution >= 0.6 is 0 Å². The van der Waals surface area contributed by atoms with Crippen molar-refractivity contribution >= 4 is 11.5 Å². The lowest BCUT2D eigenvalue weighted by Gasteiger charge is -2.17. The van der Waals surface area contributed by atoms with Gasteiger partial charge in [-0.1, -0.05) is 32.9 Å². The zero-order valence-electron chi connectivity index (χ0n) is 11.6. The molecule has 0 unspecified atom stereocenters. The summed E-state index contributed by atoms with van der Waals surface area (Å²) < 4.78 is 0. The smallest absolute Gasteiger partial charge is 0.270 e. The minimum absolute atomic E-state index is 0.0250. The Hall–Kier alpha value is -2.50. The molecule has 0 amide bonds. The summed E-state index contributed by atoms with van der Waals surface area (Å²) in [6, 6.07) is 7.94. The molecule has 0 bridgehead atoms. The highest BCUT2D eigenvalue weighted by atomic mass is 16.6. The van der Waals surface area contributed by atoms with E-state index < -0.39 is 4.92 Å². The number of nitro benzene ring substituents is 1. The van der Waals surface area contributed by atoms with Gasteiger partial charge in [-0.25, -0.2) is 9.97 Å². The van der Waals surface area contributed by atoms with Crippen molar-refractivity contribution in [2.45, 2.75) is 26.2 Å². The molecular weight excluding hydrogens is 256 g/mol. The molecule has 6 heteroatoms. The second-order valence-corrected chi connectivity index (χ2v) is 5.56. The van der Waals surface area contributed by atoms with E-state index in [1.54, 1.807) is 18.2 Å². The largest absolute Gasteiger partial charge is 0.384 e. The monoisotopic (exact) mass is 272 g/mol. The molecule has 6 nitrogen and oxygen atoms in total. The summed E-state index contributed by atoms with van der Waals surface area (Å²) in [5.41, 5.74) is 6.83. The van der Waals surface area contributed by atoms with Gasteiger partial charge in [0.25, 0.3) is 5.69 Å². The van der Waals surface area contributed by atoms with Crippen LogP contribution in [0.4, 0.5) is 11.5 Å². The number of nitro groups is 1. The van der Waals surface area contributed by atoms with E-state index in [0.29, 0.717) is 22.9 Å². The van der Waals surface area contributed by atoms with Crippen molar-refractivity contribution in [3.8, 4) is 11.3 Å². The maximum atomic E-state index is 10.8. The molecule has 1 heterocycles. The van der Waals surface area contributed by atoms with Crippen LogP contribution in [0.15, 0.2) is 30.3 Å². The van der Waals surface area contributed by atoms with Crippen molar-refractivity contribution < 1.29 is 4.92 Å². The number of nitrogens with zero attached hydrogens (tertiary/aromatic N) is 3. The Balaban J connectivity index is 2.55. The van der Waals surface area contributed by atoms with Crippen molar-refractivity contribution in [1.82, 2.24) is 9.97 Å². The molecule has 0 spiro atoms. The quantitative estimate of drug-likeness (QED) is 0.669. The first-order valence-corrected chi connectivity index (χ1v) is 6.17. The van der Waals surface area contributed by atoms with Crippen LogP contribution in [0.3, 0.4) is 0 Å². The van der Waals surface area contributed by atoms with Gasteiger partial charge in [0.2, 0.25) is 0 Å². The number of nitrogen functional groups attached to an aromatic ring is 1. The third-order valence-electron chi connectivity index (χ3n) is 2.77. The predicted octanol–water partition coefficient (Wildman–Crippen LogP) is 2.93. The van der Waals surface area contributed by atoms with E-state index in [1.807, 2.05) is 20.8 Å². The number of anilines is 1. The van der Waals surface area contributed by atoms with Crippen LogP contribution in [0.5, 0.6) is 0 Å². The molecule has 20 heavy (non-hydrogen) atoms. The molecule has 0 saturated heterocycles. The number of hydrogen-bond acceptors (Lipinski definition) is 5. The fourth-order valence-corrected chi connectivity index (χ4v) is 1.73. The molecule has 2 rings (SSSR count). The Morgan fingerprint density at radius 1 is 1.20 bits per heavy atom. The maximum absolute atomic E-state index is 10.8. The Morgan fingerprint density at radius 3 is 2.50 bits per heavy atom. The van der Waals surface area contributed by atoms with Crippen LogP contribution in [0.2, 0.25) is 0 Å². The van der Waals surface area contributed by atoms with Gasteiger partial charge in [-0.15, -0.1) is 0 Å². The first-order valence-electron chi connectivity index (χ1n) is 6.17. The fourth-order valence-electron chi connectivity index (χ4n) is 1.73. The molecule has 0 aliphatic heterocycles. The van der Waals surface area contributed by atoms with Crippen LogP contribution in [-0.2, 0) is 5.41 Å². The van der Waals surface area contributed by atoms with Crippen molar-refractivity contribution in [3.63, 3.8) is 0 Å². The number of hydrogen-bond donors (Lipinski definition) is 1. The molecule has 1 aromatic heterocycles. The molecule has 0 fully saturated rings. The van der Waals surface area contributed by atoms with Gasteiger partial charge in [-0.05, 0) is 0 Å². The number of aromatic nitrogens is 2. The zero-order valence-corrected chi connectivity index (χ0v) is 11.6. The summed E-state index contributed by atoms with van der Waals surface area (Å²) >= 11 is 0. The van der Waals surface area contributed by atoms with E-state index >= 15 is 0 Å².